The van der Waals surface area contributed by atoms with Crippen molar-refractivity contribution < 1.29 is 10.2 Å². The van der Waals surface area contributed by atoms with Crippen LogP contribution in [-0.4, -0.2) is 22.4 Å². The Kier molecular flexibility index (Phi) is 26.9. The highest BCUT2D eigenvalue weighted by Gasteiger charge is 2.08. The highest BCUT2D eigenvalue weighted by molar-refractivity contribution is 4.60. The molecule has 0 rings (SSSR count). The first-order chi connectivity index (χ1) is 14.4. The Balaban J connectivity index is 0. The summed E-state index contributed by atoms with van der Waals surface area (Å²) in [5.41, 5.74) is 0. The molecule has 0 saturated heterocycles. The van der Waals surface area contributed by atoms with Gasteiger partial charge in [-0.2, -0.15) is 0 Å². The Morgan fingerprint density at radius 3 is 0.867 bits per heavy atom. The largest absolute Gasteiger partial charge is 0.393 e. The second-order valence-electron chi connectivity index (χ2n) is 10.1. The van der Waals surface area contributed by atoms with Crippen molar-refractivity contribution in [1.29, 1.82) is 0 Å². The zero-order valence-corrected chi connectivity index (χ0v) is 21.9. The molecular weight excluding hydrogens is 368 g/mol. The van der Waals surface area contributed by atoms with Gasteiger partial charge < -0.3 is 10.2 Å². The average Bonchev–Trinajstić information content (AvgIpc) is 2.71. The molecule has 2 N–H and O–H groups in total. The van der Waals surface area contributed by atoms with Gasteiger partial charge in [0.2, 0.25) is 0 Å². The minimum Gasteiger partial charge on any atom is -0.393 e. The van der Waals surface area contributed by atoms with Gasteiger partial charge >= 0.3 is 0 Å². The first kappa shape index (κ1) is 32.1. The summed E-state index contributed by atoms with van der Waals surface area (Å²) in [7, 11) is 0. The molecule has 0 aliphatic carbocycles. The van der Waals surface area contributed by atoms with Crippen molar-refractivity contribution in [2.24, 2.45) is 11.8 Å². The molecule has 30 heavy (non-hydrogen) atoms. The SMILES string of the molecule is CCCCCCCCCCC(O)C(C)C.CCCCCCCCCC[C@@H](O)C(C)C. The highest BCUT2D eigenvalue weighted by Crippen LogP contribution is 2.14. The van der Waals surface area contributed by atoms with Gasteiger partial charge in [0.15, 0.2) is 0 Å². The van der Waals surface area contributed by atoms with Crippen LogP contribution in [0.25, 0.3) is 0 Å². The first-order valence-corrected chi connectivity index (χ1v) is 13.7. The first-order valence-electron chi connectivity index (χ1n) is 13.7. The van der Waals surface area contributed by atoms with Crippen molar-refractivity contribution >= 4 is 0 Å². The molecular formula is C28H60O2. The predicted molar refractivity (Wildman–Crippen MR) is 136 cm³/mol. The molecule has 0 radical (unpaired) electrons. The average molecular weight is 429 g/mol. The fraction of sp³-hybridized carbons (Fsp3) is 1.00. The Hall–Kier alpha value is -0.0800. The van der Waals surface area contributed by atoms with Crippen molar-refractivity contribution in [3.05, 3.63) is 0 Å². The summed E-state index contributed by atoms with van der Waals surface area (Å²) in [6.45, 7) is 12.9. The minimum absolute atomic E-state index is 0.0786. The Morgan fingerprint density at radius 2 is 0.633 bits per heavy atom. The summed E-state index contributed by atoms with van der Waals surface area (Å²) in [5.74, 6) is 0.851. The number of rotatable bonds is 20. The van der Waals surface area contributed by atoms with Gasteiger partial charge in [-0.3, -0.25) is 0 Å². The van der Waals surface area contributed by atoms with Gasteiger partial charge in [-0.25, -0.2) is 0 Å². The molecule has 2 heteroatoms. The van der Waals surface area contributed by atoms with Crippen molar-refractivity contribution in [1.82, 2.24) is 0 Å². The van der Waals surface area contributed by atoms with Gasteiger partial charge in [0.05, 0.1) is 12.2 Å². The van der Waals surface area contributed by atoms with Gasteiger partial charge in [0.1, 0.15) is 0 Å². The maximum atomic E-state index is 9.60. The van der Waals surface area contributed by atoms with Crippen LogP contribution < -0.4 is 0 Å². The van der Waals surface area contributed by atoms with Gasteiger partial charge in [0.25, 0.3) is 0 Å². The third kappa shape index (κ3) is 26.0. The van der Waals surface area contributed by atoms with E-state index >= 15 is 0 Å². The van der Waals surface area contributed by atoms with Crippen LogP contribution in [-0.2, 0) is 0 Å². The minimum atomic E-state index is -0.0786. The molecule has 2 nitrogen and oxygen atoms in total. The zero-order valence-electron chi connectivity index (χ0n) is 21.9. The van der Waals surface area contributed by atoms with Gasteiger partial charge in [-0.1, -0.05) is 144 Å². The van der Waals surface area contributed by atoms with Crippen molar-refractivity contribution in [3.63, 3.8) is 0 Å². The number of aliphatic hydroxyl groups is 2. The number of aliphatic hydroxyl groups excluding tert-OH is 2. The lowest BCUT2D eigenvalue weighted by Crippen LogP contribution is -2.13. The topological polar surface area (TPSA) is 40.5 Å². The lowest BCUT2D eigenvalue weighted by molar-refractivity contribution is 0.113. The molecule has 0 fully saturated rings. The second kappa shape index (κ2) is 25.2. The summed E-state index contributed by atoms with van der Waals surface area (Å²) >= 11 is 0. The Morgan fingerprint density at radius 1 is 0.400 bits per heavy atom. The number of hydrogen-bond donors (Lipinski definition) is 2. The number of hydrogen-bond acceptors (Lipinski definition) is 2. The molecule has 0 aromatic carbocycles. The van der Waals surface area contributed by atoms with Crippen LogP contribution in [0.2, 0.25) is 0 Å². The van der Waals surface area contributed by atoms with Crippen LogP contribution in [0.15, 0.2) is 0 Å². The molecule has 0 bridgehead atoms. The molecule has 0 aromatic rings. The van der Waals surface area contributed by atoms with E-state index in [9.17, 15) is 10.2 Å². The van der Waals surface area contributed by atoms with Gasteiger partial charge in [-0.05, 0) is 24.7 Å². The van der Waals surface area contributed by atoms with Crippen LogP contribution in [0.5, 0.6) is 0 Å². The standard InChI is InChI=1S/2C14H30O/c2*1-4-5-6-7-8-9-10-11-12-14(15)13(2)3/h2*13-15H,4-12H2,1-3H3/t14-;/m1./s1. The molecule has 0 saturated carbocycles. The molecule has 0 amide bonds. The third-order valence-electron chi connectivity index (χ3n) is 6.25. The van der Waals surface area contributed by atoms with Crippen LogP contribution in [0.1, 0.15) is 157 Å². The van der Waals surface area contributed by atoms with E-state index in [0.717, 1.165) is 12.8 Å². The van der Waals surface area contributed by atoms with E-state index in [0.29, 0.717) is 11.8 Å². The summed E-state index contributed by atoms with van der Waals surface area (Å²) in [6.07, 6.45) is 23.4. The molecule has 0 spiro atoms. The van der Waals surface area contributed by atoms with E-state index in [2.05, 4.69) is 41.5 Å². The fourth-order valence-electron chi connectivity index (χ4n) is 3.64. The lowest BCUT2D eigenvalue weighted by atomic mass is 10.00. The molecule has 0 heterocycles. The summed E-state index contributed by atoms with van der Waals surface area (Å²) in [4.78, 5) is 0. The third-order valence-corrected chi connectivity index (χ3v) is 6.25. The van der Waals surface area contributed by atoms with Gasteiger partial charge in [0, 0.05) is 0 Å². The van der Waals surface area contributed by atoms with Crippen molar-refractivity contribution in [2.75, 3.05) is 0 Å². The lowest BCUT2D eigenvalue weighted by Gasteiger charge is -2.13. The summed E-state index contributed by atoms with van der Waals surface area (Å²) in [5, 5.41) is 19.2. The van der Waals surface area contributed by atoms with E-state index in [1.54, 1.807) is 0 Å². The smallest absolute Gasteiger partial charge is 0.0563 e. The number of unbranched alkanes of at least 4 members (excludes halogenated alkanes) is 14. The monoisotopic (exact) mass is 428 g/mol. The zero-order chi connectivity index (χ0) is 23.0. The summed E-state index contributed by atoms with van der Waals surface area (Å²) in [6, 6.07) is 0. The predicted octanol–water partition coefficient (Wildman–Crippen LogP) is 9.07. The van der Waals surface area contributed by atoms with Crippen molar-refractivity contribution in [2.45, 2.75) is 169 Å². The van der Waals surface area contributed by atoms with Crippen LogP contribution in [0.3, 0.4) is 0 Å². The summed E-state index contributed by atoms with van der Waals surface area (Å²) < 4.78 is 0. The highest BCUT2D eigenvalue weighted by atomic mass is 16.3. The van der Waals surface area contributed by atoms with Crippen molar-refractivity contribution in [3.8, 4) is 0 Å². The quantitative estimate of drug-likeness (QED) is 0.190. The van der Waals surface area contributed by atoms with Crippen LogP contribution >= 0.6 is 0 Å². The van der Waals surface area contributed by atoms with Crippen LogP contribution in [0.4, 0.5) is 0 Å². The Labute approximate surface area is 191 Å². The maximum Gasteiger partial charge on any atom is 0.0563 e. The molecule has 0 aromatic heterocycles. The van der Waals surface area contributed by atoms with E-state index < -0.39 is 0 Å². The van der Waals surface area contributed by atoms with Gasteiger partial charge in [-0.15, -0.1) is 0 Å². The molecule has 184 valence electrons. The Bertz CT molecular complexity index is 271. The maximum absolute atomic E-state index is 9.60. The molecule has 0 aliphatic rings. The second-order valence-corrected chi connectivity index (χ2v) is 10.1. The van der Waals surface area contributed by atoms with E-state index in [1.165, 1.54) is 103 Å². The van der Waals surface area contributed by atoms with E-state index in [1.807, 2.05) is 0 Å². The van der Waals surface area contributed by atoms with E-state index in [4.69, 9.17) is 0 Å². The normalized spacial score (nSPS) is 13.4. The fourth-order valence-corrected chi connectivity index (χ4v) is 3.64. The van der Waals surface area contributed by atoms with E-state index in [-0.39, 0.29) is 12.2 Å². The molecule has 0 aliphatic heterocycles. The molecule has 2 atom stereocenters. The van der Waals surface area contributed by atoms with Crippen LogP contribution in [0, 0.1) is 11.8 Å². The molecule has 1 unspecified atom stereocenters.